The zero-order valence-corrected chi connectivity index (χ0v) is 17.1. The van der Waals surface area contributed by atoms with E-state index in [1.54, 1.807) is 11.3 Å². The number of aromatic nitrogens is 2. The number of para-hydroxylation sites is 1. The van der Waals surface area contributed by atoms with Crippen LogP contribution in [0.1, 0.15) is 48.1 Å². The molecule has 0 spiro atoms. The number of aryl methyl sites for hydroxylation is 1. The Balaban J connectivity index is 1.50. The van der Waals surface area contributed by atoms with E-state index in [1.165, 1.54) is 16.0 Å². The van der Waals surface area contributed by atoms with E-state index in [0.29, 0.717) is 12.5 Å². The average molecular weight is 396 g/mol. The molecule has 146 valence electrons. The third-order valence-corrected chi connectivity index (χ3v) is 7.26. The van der Waals surface area contributed by atoms with Crippen molar-refractivity contribution in [3.63, 3.8) is 0 Å². The van der Waals surface area contributed by atoms with Gasteiger partial charge in [-0.2, -0.15) is 0 Å². The summed E-state index contributed by atoms with van der Waals surface area (Å²) >= 11 is 1.71. The minimum Gasteiger partial charge on any atom is -0.492 e. The monoisotopic (exact) mass is 395 g/mol. The number of thiophene rings is 1. The highest BCUT2D eigenvalue weighted by molar-refractivity contribution is 7.18. The first kappa shape index (κ1) is 17.9. The average Bonchev–Trinajstić information content (AvgIpc) is 2.90. The maximum Gasteiger partial charge on any atom is 0.259 e. The lowest BCUT2D eigenvalue weighted by molar-refractivity contribution is 0.174. The molecule has 2 atom stereocenters. The Kier molecular flexibility index (Phi) is 4.48. The summed E-state index contributed by atoms with van der Waals surface area (Å²) in [6, 6.07) is 8.19. The van der Waals surface area contributed by atoms with Crippen LogP contribution in [0, 0.1) is 5.92 Å². The molecule has 3 aromatic rings. The normalized spacial score (nSPS) is 20.9. The molecule has 2 aliphatic rings. The van der Waals surface area contributed by atoms with Crippen molar-refractivity contribution in [1.29, 1.82) is 0 Å². The number of aromatic amines is 1. The Labute approximate surface area is 168 Å². The van der Waals surface area contributed by atoms with Gasteiger partial charge in [-0.1, -0.05) is 25.1 Å². The van der Waals surface area contributed by atoms with E-state index in [4.69, 9.17) is 9.72 Å². The van der Waals surface area contributed by atoms with Gasteiger partial charge in [-0.15, -0.1) is 11.3 Å². The van der Waals surface area contributed by atoms with Crippen LogP contribution in [0.3, 0.4) is 0 Å². The van der Waals surface area contributed by atoms with E-state index in [2.05, 4.69) is 29.8 Å². The second-order valence-corrected chi connectivity index (χ2v) is 9.17. The van der Waals surface area contributed by atoms with Gasteiger partial charge in [0.15, 0.2) is 0 Å². The SMILES string of the molecule is CC1CCc2c(sc3nc(C(C)N4CCOc5ccccc5C4)[nH]c(=O)c23)C1. The summed E-state index contributed by atoms with van der Waals surface area (Å²) in [4.78, 5) is 25.5. The Morgan fingerprint density at radius 3 is 3.11 bits per heavy atom. The van der Waals surface area contributed by atoms with Gasteiger partial charge in [0.1, 0.15) is 23.0 Å². The number of benzene rings is 1. The Hall–Kier alpha value is -2.18. The van der Waals surface area contributed by atoms with Crippen LogP contribution < -0.4 is 10.3 Å². The van der Waals surface area contributed by atoms with Crippen molar-refractivity contribution >= 4 is 21.6 Å². The highest BCUT2D eigenvalue weighted by Crippen LogP contribution is 2.36. The Morgan fingerprint density at radius 1 is 1.36 bits per heavy atom. The number of nitrogens with zero attached hydrogens (tertiary/aromatic N) is 2. The highest BCUT2D eigenvalue weighted by atomic mass is 32.1. The largest absolute Gasteiger partial charge is 0.492 e. The summed E-state index contributed by atoms with van der Waals surface area (Å²) in [6.45, 7) is 6.64. The molecule has 28 heavy (non-hydrogen) atoms. The van der Waals surface area contributed by atoms with Gasteiger partial charge in [-0.3, -0.25) is 9.69 Å². The third-order valence-electron chi connectivity index (χ3n) is 6.11. The molecule has 5 rings (SSSR count). The van der Waals surface area contributed by atoms with Gasteiger partial charge in [0.05, 0.1) is 11.4 Å². The number of fused-ring (bicyclic) bond motifs is 4. The predicted octanol–water partition coefficient (Wildman–Crippen LogP) is 4.07. The molecule has 0 fully saturated rings. The van der Waals surface area contributed by atoms with Crippen LogP contribution >= 0.6 is 11.3 Å². The molecule has 1 N–H and O–H groups in total. The molecule has 1 aliphatic heterocycles. The Morgan fingerprint density at radius 2 is 2.21 bits per heavy atom. The van der Waals surface area contributed by atoms with Gasteiger partial charge in [-0.05, 0) is 43.7 Å². The zero-order valence-electron chi connectivity index (χ0n) is 16.3. The Bertz CT molecular complexity index is 1090. The third kappa shape index (κ3) is 3.05. The van der Waals surface area contributed by atoms with E-state index in [1.807, 2.05) is 18.2 Å². The summed E-state index contributed by atoms with van der Waals surface area (Å²) in [7, 11) is 0. The van der Waals surface area contributed by atoms with Crippen LogP contribution in [-0.2, 0) is 19.4 Å². The molecule has 0 saturated heterocycles. The lowest BCUT2D eigenvalue weighted by Gasteiger charge is -2.26. The number of hydrogen-bond donors (Lipinski definition) is 1. The fourth-order valence-corrected chi connectivity index (χ4v) is 5.80. The van der Waals surface area contributed by atoms with Crippen LogP contribution in [0.25, 0.3) is 10.2 Å². The van der Waals surface area contributed by atoms with E-state index in [-0.39, 0.29) is 11.6 Å². The van der Waals surface area contributed by atoms with E-state index < -0.39 is 0 Å². The predicted molar refractivity (Wildman–Crippen MR) is 112 cm³/mol. The summed E-state index contributed by atoms with van der Waals surface area (Å²) in [6.07, 6.45) is 3.22. The van der Waals surface area contributed by atoms with Crippen molar-refractivity contribution in [3.8, 4) is 5.75 Å². The van der Waals surface area contributed by atoms with Gasteiger partial charge < -0.3 is 9.72 Å². The molecule has 1 aliphatic carbocycles. The molecule has 5 nitrogen and oxygen atoms in total. The van der Waals surface area contributed by atoms with Gasteiger partial charge in [-0.25, -0.2) is 4.98 Å². The molecule has 2 aromatic heterocycles. The maximum atomic E-state index is 12.9. The van der Waals surface area contributed by atoms with Crippen molar-refractivity contribution in [2.24, 2.45) is 5.92 Å². The number of rotatable bonds is 2. The van der Waals surface area contributed by atoms with Crippen LogP contribution in [0.5, 0.6) is 5.75 Å². The highest BCUT2D eigenvalue weighted by Gasteiger charge is 2.26. The molecule has 0 saturated carbocycles. The summed E-state index contributed by atoms with van der Waals surface area (Å²) in [5.74, 6) is 2.40. The van der Waals surface area contributed by atoms with Gasteiger partial charge in [0.25, 0.3) is 5.56 Å². The van der Waals surface area contributed by atoms with E-state index in [9.17, 15) is 4.79 Å². The van der Waals surface area contributed by atoms with Crippen LogP contribution in [0.4, 0.5) is 0 Å². The summed E-state index contributed by atoms with van der Waals surface area (Å²) in [5, 5.41) is 0.826. The van der Waals surface area contributed by atoms with E-state index in [0.717, 1.165) is 54.1 Å². The van der Waals surface area contributed by atoms with Gasteiger partial charge >= 0.3 is 0 Å². The number of ether oxygens (including phenoxy) is 1. The number of H-pyrrole nitrogens is 1. The second kappa shape index (κ2) is 7.01. The smallest absolute Gasteiger partial charge is 0.259 e. The molecule has 0 bridgehead atoms. The lowest BCUT2D eigenvalue weighted by atomic mass is 9.89. The fraction of sp³-hybridized carbons (Fsp3) is 0.455. The number of hydrogen-bond acceptors (Lipinski definition) is 5. The summed E-state index contributed by atoms with van der Waals surface area (Å²) in [5.41, 5.74) is 2.43. The minimum atomic E-state index is 0.0184. The molecule has 0 radical (unpaired) electrons. The van der Waals surface area contributed by atoms with Crippen molar-refractivity contribution < 1.29 is 4.74 Å². The van der Waals surface area contributed by atoms with Crippen LogP contribution in [0.2, 0.25) is 0 Å². The van der Waals surface area contributed by atoms with Crippen LogP contribution in [-0.4, -0.2) is 28.0 Å². The standard InChI is InChI=1S/C22H25N3O2S/c1-13-7-8-16-18(11-13)28-22-19(16)21(26)23-20(24-22)14(2)25-9-10-27-17-6-4-3-5-15(17)12-25/h3-6,13-14H,7-12H2,1-2H3,(H,23,24,26). The number of nitrogens with one attached hydrogen (secondary N) is 1. The fourth-order valence-electron chi connectivity index (χ4n) is 4.41. The first-order valence-electron chi connectivity index (χ1n) is 10.1. The lowest BCUT2D eigenvalue weighted by Crippen LogP contribution is -2.31. The molecular formula is C22H25N3O2S. The second-order valence-electron chi connectivity index (χ2n) is 8.09. The van der Waals surface area contributed by atoms with Crippen molar-refractivity contribution in [1.82, 2.24) is 14.9 Å². The molecule has 3 heterocycles. The van der Waals surface area contributed by atoms with Crippen molar-refractivity contribution in [3.05, 3.63) is 56.4 Å². The van der Waals surface area contributed by atoms with E-state index >= 15 is 0 Å². The molecule has 1 aromatic carbocycles. The quantitative estimate of drug-likeness (QED) is 0.711. The van der Waals surface area contributed by atoms with Gasteiger partial charge in [0, 0.05) is 23.5 Å². The maximum absolute atomic E-state index is 12.9. The topological polar surface area (TPSA) is 58.2 Å². The molecule has 0 amide bonds. The first-order chi connectivity index (χ1) is 13.6. The van der Waals surface area contributed by atoms with Crippen LogP contribution in [0.15, 0.2) is 29.1 Å². The first-order valence-corrected chi connectivity index (χ1v) is 10.9. The zero-order chi connectivity index (χ0) is 19.3. The minimum absolute atomic E-state index is 0.0184. The summed E-state index contributed by atoms with van der Waals surface area (Å²) < 4.78 is 5.89. The van der Waals surface area contributed by atoms with Gasteiger partial charge in [0.2, 0.25) is 0 Å². The van der Waals surface area contributed by atoms with Crippen molar-refractivity contribution in [2.45, 2.75) is 45.7 Å². The molecule has 6 heteroatoms. The molecule has 2 unspecified atom stereocenters. The molecular weight excluding hydrogens is 370 g/mol. The van der Waals surface area contributed by atoms with Crippen molar-refractivity contribution in [2.75, 3.05) is 13.2 Å².